The van der Waals surface area contributed by atoms with Crippen molar-refractivity contribution in [2.24, 2.45) is 11.3 Å². The molecule has 0 bridgehead atoms. The lowest BCUT2D eigenvalue weighted by molar-refractivity contribution is -0.129. The highest BCUT2D eigenvalue weighted by Crippen LogP contribution is 2.48. The van der Waals surface area contributed by atoms with Crippen molar-refractivity contribution in [2.75, 3.05) is 6.54 Å². The van der Waals surface area contributed by atoms with Crippen LogP contribution in [0.5, 0.6) is 0 Å². The molecule has 2 nitrogen and oxygen atoms in total. The van der Waals surface area contributed by atoms with Crippen molar-refractivity contribution >= 4 is 5.78 Å². The Balaban J connectivity index is 2.11. The normalized spacial score (nSPS) is 33.6. The van der Waals surface area contributed by atoms with Gasteiger partial charge in [-0.2, -0.15) is 0 Å². The molecule has 2 fully saturated rings. The third-order valence-electron chi connectivity index (χ3n) is 6.10. The minimum Gasteiger partial charge on any atom is -0.298 e. The fraction of sp³-hybridized carbons (Fsp3) is 0.941. The number of carbonyl (C=O) groups is 1. The Bertz CT molecular complexity index is 337. The predicted octanol–water partition coefficient (Wildman–Crippen LogP) is 4.03. The fourth-order valence-electron chi connectivity index (χ4n) is 4.31. The minimum absolute atomic E-state index is 0.0888. The second-order valence-corrected chi connectivity index (χ2v) is 7.61. The molecule has 2 rings (SSSR count). The summed E-state index contributed by atoms with van der Waals surface area (Å²) in [7, 11) is 0. The molecule has 1 saturated heterocycles. The molecule has 0 aromatic carbocycles. The Morgan fingerprint density at radius 1 is 1.32 bits per heavy atom. The highest BCUT2D eigenvalue weighted by Gasteiger charge is 2.51. The number of Topliss-reactive ketones (excluding diaryl/α,β-unsaturated/α-hetero) is 1. The van der Waals surface area contributed by atoms with E-state index in [0.29, 0.717) is 17.2 Å². The molecule has 0 unspecified atom stereocenters. The minimum atomic E-state index is -0.0888. The number of likely N-dealkylation sites (tertiary alicyclic amines) is 1. The second-order valence-electron chi connectivity index (χ2n) is 7.61. The maximum Gasteiger partial charge on any atom is 0.154 e. The van der Waals surface area contributed by atoms with Gasteiger partial charge in [0.1, 0.15) is 0 Å². The molecule has 2 heteroatoms. The Morgan fingerprint density at radius 3 is 2.37 bits per heavy atom. The number of ketones is 1. The monoisotopic (exact) mass is 265 g/mol. The van der Waals surface area contributed by atoms with Crippen molar-refractivity contribution in [3.63, 3.8) is 0 Å². The second kappa shape index (κ2) is 5.20. The van der Waals surface area contributed by atoms with Gasteiger partial charge in [0.2, 0.25) is 0 Å². The van der Waals surface area contributed by atoms with Gasteiger partial charge in [0.25, 0.3) is 0 Å². The zero-order valence-electron chi connectivity index (χ0n) is 13.5. The van der Waals surface area contributed by atoms with E-state index in [2.05, 4.69) is 39.5 Å². The lowest BCUT2D eigenvalue weighted by atomic mass is 9.64. The molecule has 0 aromatic rings. The van der Waals surface area contributed by atoms with E-state index in [9.17, 15) is 4.79 Å². The van der Waals surface area contributed by atoms with E-state index in [1.165, 1.54) is 19.3 Å². The molecule has 0 atom stereocenters. The molecule has 0 aromatic heterocycles. The van der Waals surface area contributed by atoms with Crippen molar-refractivity contribution in [1.29, 1.82) is 0 Å². The van der Waals surface area contributed by atoms with Gasteiger partial charge in [-0.15, -0.1) is 0 Å². The van der Waals surface area contributed by atoms with Gasteiger partial charge >= 0.3 is 0 Å². The largest absolute Gasteiger partial charge is 0.298 e. The summed E-state index contributed by atoms with van der Waals surface area (Å²) in [5, 5.41) is 0. The van der Waals surface area contributed by atoms with Gasteiger partial charge in [0.05, 0.1) is 5.54 Å². The van der Waals surface area contributed by atoms with Gasteiger partial charge in [0.15, 0.2) is 5.78 Å². The summed E-state index contributed by atoms with van der Waals surface area (Å²) in [5.74, 6) is 1.32. The first-order valence-electron chi connectivity index (χ1n) is 8.13. The summed E-state index contributed by atoms with van der Waals surface area (Å²) < 4.78 is 0. The Labute approximate surface area is 118 Å². The first-order chi connectivity index (χ1) is 8.83. The number of hydrogen-bond donors (Lipinski definition) is 0. The summed E-state index contributed by atoms with van der Waals surface area (Å²) in [6.45, 7) is 12.5. The molecule has 0 N–H and O–H groups in total. The fourth-order valence-corrected chi connectivity index (χ4v) is 4.31. The highest BCUT2D eigenvalue weighted by molar-refractivity contribution is 5.90. The van der Waals surface area contributed by atoms with Crippen LogP contribution in [0.25, 0.3) is 0 Å². The summed E-state index contributed by atoms with van der Waals surface area (Å²) in [5.41, 5.74) is 0.348. The molecule has 1 aliphatic heterocycles. The highest BCUT2D eigenvalue weighted by atomic mass is 16.1. The summed E-state index contributed by atoms with van der Waals surface area (Å²) in [4.78, 5) is 14.9. The van der Waals surface area contributed by atoms with Crippen LogP contribution in [-0.2, 0) is 4.79 Å². The van der Waals surface area contributed by atoms with Crippen LogP contribution in [0.4, 0.5) is 0 Å². The SMILES string of the molecule is CCC(C)(C)C1CCC2(CC1)C(=O)CCN2C(C)C. The van der Waals surface area contributed by atoms with Gasteiger partial charge in [-0.25, -0.2) is 0 Å². The third kappa shape index (κ3) is 2.49. The van der Waals surface area contributed by atoms with Crippen LogP contribution in [0.3, 0.4) is 0 Å². The van der Waals surface area contributed by atoms with Gasteiger partial charge in [-0.3, -0.25) is 9.69 Å². The number of nitrogens with zero attached hydrogens (tertiary/aromatic N) is 1. The quantitative estimate of drug-likeness (QED) is 0.767. The lowest BCUT2D eigenvalue weighted by Gasteiger charge is -2.47. The molecule has 1 spiro atoms. The number of carbonyl (C=O) groups excluding carboxylic acids is 1. The van der Waals surface area contributed by atoms with Crippen LogP contribution in [0, 0.1) is 11.3 Å². The van der Waals surface area contributed by atoms with Crippen molar-refractivity contribution in [3.8, 4) is 0 Å². The smallest absolute Gasteiger partial charge is 0.154 e. The Hall–Kier alpha value is -0.370. The zero-order valence-corrected chi connectivity index (χ0v) is 13.5. The van der Waals surface area contributed by atoms with Gasteiger partial charge in [0, 0.05) is 19.0 Å². The van der Waals surface area contributed by atoms with E-state index in [1.54, 1.807) is 0 Å². The van der Waals surface area contributed by atoms with Crippen LogP contribution in [0.1, 0.15) is 73.1 Å². The van der Waals surface area contributed by atoms with E-state index in [0.717, 1.165) is 31.7 Å². The number of hydrogen-bond acceptors (Lipinski definition) is 2. The topological polar surface area (TPSA) is 20.3 Å². The first kappa shape index (κ1) is 15.0. The molecular weight excluding hydrogens is 234 g/mol. The van der Waals surface area contributed by atoms with Gasteiger partial charge in [-0.05, 0) is 50.9 Å². The maximum atomic E-state index is 12.5. The number of rotatable bonds is 3. The molecule has 110 valence electrons. The lowest BCUT2D eigenvalue weighted by Crippen LogP contribution is -2.54. The van der Waals surface area contributed by atoms with Crippen LogP contribution in [0.2, 0.25) is 0 Å². The maximum absolute atomic E-state index is 12.5. The predicted molar refractivity (Wildman–Crippen MR) is 80.2 cm³/mol. The molecule has 1 saturated carbocycles. The van der Waals surface area contributed by atoms with Crippen LogP contribution in [-0.4, -0.2) is 28.8 Å². The summed E-state index contributed by atoms with van der Waals surface area (Å²) in [6, 6.07) is 0.502. The van der Waals surface area contributed by atoms with Crippen LogP contribution >= 0.6 is 0 Å². The summed E-state index contributed by atoms with van der Waals surface area (Å²) in [6.07, 6.45) is 6.67. The standard InChI is InChI=1S/C17H31NO/c1-6-16(4,5)14-7-10-17(11-8-14)15(19)9-12-18(17)13(2)3/h13-14H,6-12H2,1-5H3. The molecule has 1 heterocycles. The van der Waals surface area contributed by atoms with Gasteiger partial charge < -0.3 is 0 Å². The van der Waals surface area contributed by atoms with Crippen LogP contribution in [0.15, 0.2) is 0 Å². The molecule has 0 amide bonds. The molecular formula is C17H31NO. The zero-order chi connectivity index (χ0) is 14.3. The van der Waals surface area contributed by atoms with E-state index < -0.39 is 0 Å². The molecule has 0 radical (unpaired) electrons. The van der Waals surface area contributed by atoms with Crippen molar-refractivity contribution < 1.29 is 4.79 Å². The Kier molecular flexibility index (Phi) is 4.11. The average molecular weight is 265 g/mol. The molecule has 2 aliphatic rings. The van der Waals surface area contributed by atoms with Crippen molar-refractivity contribution in [3.05, 3.63) is 0 Å². The Morgan fingerprint density at radius 2 is 1.89 bits per heavy atom. The molecule has 1 aliphatic carbocycles. The van der Waals surface area contributed by atoms with E-state index in [-0.39, 0.29) is 5.54 Å². The van der Waals surface area contributed by atoms with Crippen LogP contribution < -0.4 is 0 Å². The molecule has 19 heavy (non-hydrogen) atoms. The van der Waals surface area contributed by atoms with Crippen molar-refractivity contribution in [2.45, 2.75) is 84.7 Å². The van der Waals surface area contributed by atoms with Crippen molar-refractivity contribution in [1.82, 2.24) is 4.90 Å². The third-order valence-corrected chi connectivity index (χ3v) is 6.10. The van der Waals surface area contributed by atoms with E-state index >= 15 is 0 Å². The average Bonchev–Trinajstić information content (AvgIpc) is 2.68. The summed E-state index contributed by atoms with van der Waals surface area (Å²) >= 11 is 0. The van der Waals surface area contributed by atoms with E-state index in [1.807, 2.05) is 0 Å². The first-order valence-corrected chi connectivity index (χ1v) is 8.13. The van der Waals surface area contributed by atoms with Gasteiger partial charge in [-0.1, -0.05) is 27.2 Å². The van der Waals surface area contributed by atoms with E-state index in [4.69, 9.17) is 0 Å².